The fourth-order valence-electron chi connectivity index (χ4n) is 2.37. The van der Waals surface area contributed by atoms with E-state index < -0.39 is 5.60 Å². The maximum atomic E-state index is 10.3. The molecule has 0 saturated carbocycles. The lowest BCUT2D eigenvalue weighted by atomic mass is 10.0. The van der Waals surface area contributed by atoms with Crippen LogP contribution in [0.15, 0.2) is 10.7 Å². The minimum atomic E-state index is -1.19. The van der Waals surface area contributed by atoms with Crippen LogP contribution in [-0.2, 0) is 12.1 Å². The number of hydrogen-bond donors (Lipinski definition) is 2. The molecule has 0 fully saturated rings. The Morgan fingerprint density at radius 2 is 2.09 bits per heavy atom. The third-order valence-electron chi connectivity index (χ3n) is 3.33. The maximum absolute atomic E-state index is 10.3. The number of hydrogen-bond acceptors (Lipinski definition) is 7. The molecule has 0 bridgehead atoms. The van der Waals surface area contributed by atoms with Crippen LogP contribution in [0.3, 0.4) is 0 Å². The third-order valence-corrected chi connectivity index (χ3v) is 3.52. The number of rotatable bonds is 3. The van der Waals surface area contributed by atoms with E-state index in [2.05, 4.69) is 24.9 Å². The standard InChI is InChI=1S/C13H15ClN6O2/c1-4-20-6-5-7(14)16-10(13(2,3)21)8(6)17-12(20)9-11(15)19-22-18-9/h5,21H,4H2,1-3H3,(H2,15,19). The Labute approximate surface area is 130 Å². The molecule has 0 aromatic carbocycles. The van der Waals surface area contributed by atoms with E-state index in [1.807, 2.05) is 11.5 Å². The molecule has 22 heavy (non-hydrogen) atoms. The van der Waals surface area contributed by atoms with Crippen molar-refractivity contribution in [1.82, 2.24) is 24.8 Å². The average molecular weight is 323 g/mol. The predicted octanol–water partition coefficient (Wildman–Crippen LogP) is 1.96. The third kappa shape index (κ3) is 2.20. The first kappa shape index (κ1) is 14.7. The van der Waals surface area contributed by atoms with E-state index in [9.17, 15) is 5.11 Å². The van der Waals surface area contributed by atoms with Gasteiger partial charge in [-0.2, -0.15) is 0 Å². The SMILES string of the molecule is CCn1c(-c2nonc2N)nc2c(C(C)(C)O)nc(Cl)cc21. The molecule has 0 radical (unpaired) electrons. The van der Waals surface area contributed by atoms with Gasteiger partial charge in [0.15, 0.2) is 17.3 Å². The lowest BCUT2D eigenvalue weighted by Gasteiger charge is -2.17. The zero-order valence-electron chi connectivity index (χ0n) is 12.3. The first-order chi connectivity index (χ1) is 10.3. The van der Waals surface area contributed by atoms with Crippen molar-refractivity contribution >= 4 is 28.5 Å². The van der Waals surface area contributed by atoms with Gasteiger partial charge in [-0.05, 0) is 31.1 Å². The summed E-state index contributed by atoms with van der Waals surface area (Å²) in [6.45, 7) is 5.81. The fourth-order valence-corrected chi connectivity index (χ4v) is 2.56. The van der Waals surface area contributed by atoms with Crippen LogP contribution in [0.1, 0.15) is 26.5 Å². The van der Waals surface area contributed by atoms with E-state index in [0.29, 0.717) is 29.3 Å². The van der Waals surface area contributed by atoms with Crippen molar-refractivity contribution in [3.8, 4) is 11.5 Å². The molecule has 3 aromatic rings. The first-order valence-corrected chi connectivity index (χ1v) is 7.08. The van der Waals surface area contributed by atoms with Gasteiger partial charge in [0.1, 0.15) is 22.0 Å². The van der Waals surface area contributed by atoms with Crippen LogP contribution in [0.5, 0.6) is 0 Å². The number of imidazole rings is 1. The summed E-state index contributed by atoms with van der Waals surface area (Å²) in [6.07, 6.45) is 0. The van der Waals surface area contributed by atoms with Crippen molar-refractivity contribution in [3.63, 3.8) is 0 Å². The van der Waals surface area contributed by atoms with Crippen molar-refractivity contribution in [2.75, 3.05) is 5.73 Å². The van der Waals surface area contributed by atoms with Crippen molar-refractivity contribution < 1.29 is 9.74 Å². The lowest BCUT2D eigenvalue weighted by Crippen LogP contribution is -2.18. The second-order valence-corrected chi connectivity index (χ2v) is 5.79. The van der Waals surface area contributed by atoms with E-state index in [-0.39, 0.29) is 11.0 Å². The summed E-state index contributed by atoms with van der Waals surface area (Å²) in [5.41, 5.74) is 6.57. The summed E-state index contributed by atoms with van der Waals surface area (Å²) in [6, 6.07) is 1.69. The van der Waals surface area contributed by atoms with Gasteiger partial charge in [-0.1, -0.05) is 11.6 Å². The average Bonchev–Trinajstić information content (AvgIpc) is 2.99. The van der Waals surface area contributed by atoms with Crippen LogP contribution in [0.2, 0.25) is 5.15 Å². The van der Waals surface area contributed by atoms with E-state index in [0.717, 1.165) is 5.52 Å². The molecule has 0 aliphatic carbocycles. The Morgan fingerprint density at radius 3 is 2.64 bits per heavy atom. The number of aromatic nitrogens is 5. The van der Waals surface area contributed by atoms with Crippen LogP contribution in [0, 0.1) is 0 Å². The Hall–Kier alpha value is -2.19. The highest BCUT2D eigenvalue weighted by Crippen LogP contribution is 2.32. The van der Waals surface area contributed by atoms with Crippen molar-refractivity contribution in [2.24, 2.45) is 0 Å². The lowest BCUT2D eigenvalue weighted by molar-refractivity contribution is 0.0754. The second kappa shape index (κ2) is 4.92. The molecule has 3 N–H and O–H groups in total. The zero-order chi connectivity index (χ0) is 16.1. The molecule has 0 unspecified atom stereocenters. The summed E-state index contributed by atoms with van der Waals surface area (Å²) in [7, 11) is 0. The van der Waals surface area contributed by atoms with E-state index in [1.165, 1.54) is 0 Å². The van der Waals surface area contributed by atoms with Gasteiger partial charge in [0, 0.05) is 12.6 Å². The van der Waals surface area contributed by atoms with Gasteiger partial charge in [0.25, 0.3) is 0 Å². The Balaban J connectivity index is 2.40. The van der Waals surface area contributed by atoms with E-state index >= 15 is 0 Å². The van der Waals surface area contributed by atoms with Gasteiger partial charge >= 0.3 is 0 Å². The van der Waals surface area contributed by atoms with Gasteiger partial charge in [-0.15, -0.1) is 0 Å². The molecule has 0 aliphatic heterocycles. The second-order valence-electron chi connectivity index (χ2n) is 5.40. The molecule has 0 spiro atoms. The highest BCUT2D eigenvalue weighted by atomic mass is 35.5. The predicted molar refractivity (Wildman–Crippen MR) is 81.2 cm³/mol. The number of aliphatic hydroxyl groups is 1. The van der Waals surface area contributed by atoms with Gasteiger partial charge in [-0.3, -0.25) is 0 Å². The Morgan fingerprint density at radius 1 is 1.36 bits per heavy atom. The van der Waals surface area contributed by atoms with E-state index in [1.54, 1.807) is 19.9 Å². The normalized spacial score (nSPS) is 12.2. The summed E-state index contributed by atoms with van der Waals surface area (Å²) in [4.78, 5) is 8.75. The number of pyridine rings is 1. The van der Waals surface area contributed by atoms with Crippen LogP contribution >= 0.6 is 11.6 Å². The molecule has 8 nitrogen and oxygen atoms in total. The summed E-state index contributed by atoms with van der Waals surface area (Å²) >= 11 is 6.09. The number of aryl methyl sites for hydroxylation is 1. The van der Waals surface area contributed by atoms with Crippen LogP contribution in [0.4, 0.5) is 5.82 Å². The van der Waals surface area contributed by atoms with Crippen LogP contribution < -0.4 is 5.73 Å². The van der Waals surface area contributed by atoms with Crippen LogP contribution in [-0.4, -0.2) is 30.0 Å². The first-order valence-electron chi connectivity index (χ1n) is 6.71. The number of nitrogen functional groups attached to an aromatic ring is 1. The number of anilines is 1. The molecule has 0 aliphatic rings. The minimum Gasteiger partial charge on any atom is -0.384 e. The number of nitrogens with zero attached hydrogens (tertiary/aromatic N) is 5. The highest BCUT2D eigenvalue weighted by Gasteiger charge is 2.27. The van der Waals surface area contributed by atoms with Crippen molar-refractivity contribution in [2.45, 2.75) is 32.9 Å². The van der Waals surface area contributed by atoms with Crippen LogP contribution in [0.25, 0.3) is 22.6 Å². The van der Waals surface area contributed by atoms with E-state index in [4.69, 9.17) is 17.3 Å². The van der Waals surface area contributed by atoms with Gasteiger partial charge in [-0.25, -0.2) is 14.6 Å². The quantitative estimate of drug-likeness (QED) is 0.708. The molecule has 3 rings (SSSR count). The molecule has 116 valence electrons. The number of nitrogens with two attached hydrogens (primary N) is 1. The molecule has 0 saturated heterocycles. The molecular formula is C13H15ClN6O2. The molecule has 3 aromatic heterocycles. The monoisotopic (exact) mass is 322 g/mol. The highest BCUT2D eigenvalue weighted by molar-refractivity contribution is 6.30. The zero-order valence-corrected chi connectivity index (χ0v) is 13.1. The summed E-state index contributed by atoms with van der Waals surface area (Å²) in [5.74, 6) is 0.639. The number of fused-ring (bicyclic) bond motifs is 1. The maximum Gasteiger partial charge on any atom is 0.199 e. The van der Waals surface area contributed by atoms with Crippen molar-refractivity contribution in [1.29, 1.82) is 0 Å². The summed E-state index contributed by atoms with van der Waals surface area (Å²) < 4.78 is 6.52. The van der Waals surface area contributed by atoms with Gasteiger partial charge < -0.3 is 15.4 Å². The Bertz CT molecular complexity index is 848. The van der Waals surface area contributed by atoms with Gasteiger partial charge in [0.2, 0.25) is 0 Å². The smallest absolute Gasteiger partial charge is 0.199 e. The fraction of sp³-hybridized carbons (Fsp3) is 0.385. The summed E-state index contributed by atoms with van der Waals surface area (Å²) in [5, 5.41) is 18.0. The molecular weight excluding hydrogens is 308 g/mol. The van der Waals surface area contributed by atoms with Crippen molar-refractivity contribution in [3.05, 3.63) is 16.9 Å². The molecule has 0 amide bonds. The topological polar surface area (TPSA) is 116 Å². The molecule has 9 heteroatoms. The number of halogens is 1. The minimum absolute atomic E-state index is 0.147. The molecule has 0 atom stereocenters. The Kier molecular flexibility index (Phi) is 3.30. The van der Waals surface area contributed by atoms with Gasteiger partial charge in [0.05, 0.1) is 5.52 Å². The molecule has 3 heterocycles. The largest absolute Gasteiger partial charge is 0.384 e.